The molecule has 1 unspecified atom stereocenters. The number of nitrogens with zero attached hydrogens (tertiary/aromatic N) is 2. The van der Waals surface area contributed by atoms with Gasteiger partial charge in [-0.1, -0.05) is 20.8 Å². The maximum Gasteiger partial charge on any atom is 0.131 e. The molecule has 4 nitrogen and oxygen atoms in total. The van der Waals surface area contributed by atoms with Crippen LogP contribution in [0.25, 0.3) is 0 Å². The maximum absolute atomic E-state index is 5.72. The van der Waals surface area contributed by atoms with Gasteiger partial charge in [-0.15, -0.1) is 0 Å². The summed E-state index contributed by atoms with van der Waals surface area (Å²) in [5, 5.41) is 3.40. The molecule has 2 rings (SSSR count). The number of likely N-dealkylation sites (N-methyl/N-ethyl adjacent to an activating group) is 1. The lowest BCUT2D eigenvalue weighted by Crippen LogP contribution is -2.20. The maximum atomic E-state index is 5.72. The summed E-state index contributed by atoms with van der Waals surface area (Å²) in [5.41, 5.74) is 3.82. The minimum absolute atomic E-state index is 0.326. The zero-order valence-corrected chi connectivity index (χ0v) is 13.7. The minimum atomic E-state index is 0.326. The lowest BCUT2D eigenvalue weighted by molar-refractivity contribution is 0.109. The Kier molecular flexibility index (Phi) is 6.58. The number of rotatable bonds is 8. The van der Waals surface area contributed by atoms with Gasteiger partial charge in [0.05, 0.1) is 6.10 Å². The third-order valence-electron chi connectivity index (χ3n) is 4.13. The van der Waals surface area contributed by atoms with Crippen molar-refractivity contribution in [1.82, 2.24) is 15.3 Å². The first-order valence-corrected chi connectivity index (χ1v) is 8.48. The van der Waals surface area contributed by atoms with Crippen LogP contribution in [-0.4, -0.2) is 35.8 Å². The molecule has 21 heavy (non-hydrogen) atoms. The zero-order valence-electron chi connectivity index (χ0n) is 13.7. The van der Waals surface area contributed by atoms with Crippen LogP contribution in [0.2, 0.25) is 0 Å². The van der Waals surface area contributed by atoms with Crippen LogP contribution in [0.4, 0.5) is 0 Å². The highest BCUT2D eigenvalue weighted by molar-refractivity contribution is 5.27. The summed E-state index contributed by atoms with van der Waals surface area (Å²) < 4.78 is 5.72. The van der Waals surface area contributed by atoms with E-state index in [2.05, 4.69) is 26.1 Å². The highest BCUT2D eigenvalue weighted by Gasteiger charge is 2.19. The van der Waals surface area contributed by atoms with Gasteiger partial charge in [0.15, 0.2) is 0 Å². The van der Waals surface area contributed by atoms with Gasteiger partial charge in [0.1, 0.15) is 5.82 Å². The van der Waals surface area contributed by atoms with Crippen molar-refractivity contribution in [3.8, 4) is 0 Å². The summed E-state index contributed by atoms with van der Waals surface area (Å²) in [6, 6.07) is 0. The molecule has 0 aliphatic carbocycles. The third kappa shape index (κ3) is 4.48. The fourth-order valence-electron chi connectivity index (χ4n) is 3.00. The van der Waals surface area contributed by atoms with Gasteiger partial charge < -0.3 is 10.1 Å². The van der Waals surface area contributed by atoms with Crippen LogP contribution in [0.1, 0.15) is 56.4 Å². The van der Waals surface area contributed by atoms with Gasteiger partial charge in [0.2, 0.25) is 0 Å². The van der Waals surface area contributed by atoms with E-state index >= 15 is 0 Å². The number of hydrogen-bond donors (Lipinski definition) is 1. The second kappa shape index (κ2) is 8.44. The smallest absolute Gasteiger partial charge is 0.131 e. The van der Waals surface area contributed by atoms with Crippen molar-refractivity contribution in [3.05, 3.63) is 22.8 Å². The zero-order chi connectivity index (χ0) is 15.1. The molecular formula is C17H29N3O. The monoisotopic (exact) mass is 291 g/mol. The molecule has 1 saturated heterocycles. The molecule has 0 amide bonds. The van der Waals surface area contributed by atoms with E-state index in [0.717, 1.165) is 57.6 Å². The van der Waals surface area contributed by atoms with Gasteiger partial charge in [-0.2, -0.15) is 0 Å². The number of hydrogen-bond acceptors (Lipinski definition) is 4. The van der Waals surface area contributed by atoms with E-state index in [-0.39, 0.29) is 0 Å². The van der Waals surface area contributed by atoms with Gasteiger partial charge in [-0.05, 0) is 50.8 Å². The fraction of sp³-hybridized carbons (Fsp3) is 0.765. The Hall–Kier alpha value is -1.00. The highest BCUT2D eigenvalue weighted by Crippen LogP contribution is 2.19. The molecule has 1 aromatic heterocycles. The molecule has 0 aromatic carbocycles. The molecule has 0 radical (unpaired) electrons. The summed E-state index contributed by atoms with van der Waals surface area (Å²) in [5.74, 6) is 0.975. The first-order valence-electron chi connectivity index (χ1n) is 8.48. The Bertz CT molecular complexity index is 417. The summed E-state index contributed by atoms with van der Waals surface area (Å²) in [4.78, 5) is 9.65. The van der Waals surface area contributed by atoms with Crippen molar-refractivity contribution < 1.29 is 4.74 Å². The average Bonchev–Trinajstić information content (AvgIpc) is 3.01. The van der Waals surface area contributed by atoms with E-state index < -0.39 is 0 Å². The van der Waals surface area contributed by atoms with E-state index in [0.29, 0.717) is 6.10 Å². The van der Waals surface area contributed by atoms with Crippen LogP contribution < -0.4 is 5.32 Å². The van der Waals surface area contributed by atoms with Crippen LogP contribution in [0.5, 0.6) is 0 Å². The van der Waals surface area contributed by atoms with Crippen LogP contribution in [0.15, 0.2) is 0 Å². The van der Waals surface area contributed by atoms with E-state index in [1.54, 1.807) is 0 Å². The number of ether oxygens (including phenoxy) is 1. The predicted octanol–water partition coefficient (Wildman–Crippen LogP) is 2.47. The predicted molar refractivity (Wildman–Crippen MR) is 85.7 cm³/mol. The van der Waals surface area contributed by atoms with Crippen molar-refractivity contribution in [2.24, 2.45) is 0 Å². The number of aryl methyl sites for hydroxylation is 2. The molecule has 0 saturated carbocycles. The molecular weight excluding hydrogens is 262 g/mol. The standard InChI is InChI=1S/C17H29N3O/c1-4-15-14(9-10-18-6-3)16(5-2)20-17(19-15)12-13-8-7-11-21-13/h13,18H,4-12H2,1-3H3. The van der Waals surface area contributed by atoms with Gasteiger partial charge in [0.25, 0.3) is 0 Å². The van der Waals surface area contributed by atoms with Crippen molar-refractivity contribution in [2.45, 2.75) is 65.4 Å². The average molecular weight is 291 g/mol. The molecule has 1 N–H and O–H groups in total. The Labute approximate surface area is 128 Å². The molecule has 0 spiro atoms. The second-order valence-corrected chi connectivity index (χ2v) is 5.66. The summed E-state index contributed by atoms with van der Waals surface area (Å²) >= 11 is 0. The lowest BCUT2D eigenvalue weighted by atomic mass is 10.0. The van der Waals surface area contributed by atoms with Crippen molar-refractivity contribution >= 4 is 0 Å². The normalized spacial score (nSPS) is 18.3. The van der Waals surface area contributed by atoms with Crippen molar-refractivity contribution in [2.75, 3.05) is 19.7 Å². The van der Waals surface area contributed by atoms with E-state index in [1.807, 2.05) is 0 Å². The summed E-state index contributed by atoms with van der Waals surface area (Å²) in [7, 11) is 0. The van der Waals surface area contributed by atoms with Gasteiger partial charge in [0, 0.05) is 24.4 Å². The van der Waals surface area contributed by atoms with Crippen LogP contribution in [0, 0.1) is 0 Å². The molecule has 118 valence electrons. The second-order valence-electron chi connectivity index (χ2n) is 5.66. The SMILES string of the molecule is CCNCCc1c(CC)nc(CC2CCCO2)nc1CC. The topological polar surface area (TPSA) is 47.0 Å². The van der Waals surface area contributed by atoms with E-state index in [9.17, 15) is 0 Å². The minimum Gasteiger partial charge on any atom is -0.378 e. The van der Waals surface area contributed by atoms with Crippen molar-refractivity contribution in [3.63, 3.8) is 0 Å². The molecule has 4 heteroatoms. The quantitative estimate of drug-likeness (QED) is 0.748. The van der Waals surface area contributed by atoms with Gasteiger partial charge in [-0.25, -0.2) is 9.97 Å². The van der Waals surface area contributed by atoms with Crippen molar-refractivity contribution in [1.29, 1.82) is 0 Å². The lowest BCUT2D eigenvalue weighted by Gasteiger charge is -2.15. The molecule has 1 aliphatic rings. The number of nitrogens with one attached hydrogen (secondary N) is 1. The largest absolute Gasteiger partial charge is 0.378 e. The first kappa shape index (κ1) is 16.4. The van der Waals surface area contributed by atoms with Crippen LogP contribution >= 0.6 is 0 Å². The summed E-state index contributed by atoms with van der Waals surface area (Å²) in [6.45, 7) is 9.43. The Morgan fingerprint density at radius 2 is 1.86 bits per heavy atom. The molecule has 1 atom stereocenters. The summed E-state index contributed by atoms with van der Waals surface area (Å²) in [6.07, 6.45) is 6.51. The Balaban J connectivity index is 2.16. The number of aromatic nitrogens is 2. The molecule has 1 fully saturated rings. The first-order chi connectivity index (χ1) is 10.3. The third-order valence-corrected chi connectivity index (χ3v) is 4.13. The van der Waals surface area contributed by atoms with E-state index in [1.165, 1.54) is 23.4 Å². The molecule has 0 bridgehead atoms. The van der Waals surface area contributed by atoms with Gasteiger partial charge in [-0.3, -0.25) is 0 Å². The van der Waals surface area contributed by atoms with Crippen LogP contribution in [0.3, 0.4) is 0 Å². The Morgan fingerprint density at radius 3 is 2.38 bits per heavy atom. The molecule has 2 heterocycles. The molecule has 1 aliphatic heterocycles. The Morgan fingerprint density at radius 1 is 1.14 bits per heavy atom. The molecule has 1 aromatic rings. The van der Waals surface area contributed by atoms with Gasteiger partial charge >= 0.3 is 0 Å². The highest BCUT2D eigenvalue weighted by atomic mass is 16.5. The van der Waals surface area contributed by atoms with E-state index in [4.69, 9.17) is 14.7 Å². The van der Waals surface area contributed by atoms with Crippen LogP contribution in [-0.2, 0) is 30.4 Å². The fourth-order valence-corrected chi connectivity index (χ4v) is 3.00.